The van der Waals surface area contributed by atoms with Crippen LogP contribution in [0.25, 0.3) is 0 Å². The van der Waals surface area contributed by atoms with Crippen molar-refractivity contribution in [3.63, 3.8) is 0 Å². The third-order valence-corrected chi connectivity index (χ3v) is 12.9. The van der Waals surface area contributed by atoms with Crippen LogP contribution in [0.15, 0.2) is 0 Å². The van der Waals surface area contributed by atoms with E-state index in [1.165, 1.54) is 12.8 Å². The van der Waals surface area contributed by atoms with Crippen molar-refractivity contribution in [3.8, 4) is 6.07 Å². The highest BCUT2D eigenvalue weighted by Crippen LogP contribution is 3.00. The molecule has 1 N–H and O–H groups in total. The molecule has 12 heteroatoms. The van der Waals surface area contributed by atoms with Gasteiger partial charge in [0.15, 0.2) is 0 Å². The van der Waals surface area contributed by atoms with E-state index in [2.05, 4.69) is 68.4 Å². The number of hydrogen-bond donors (Lipinski definition) is 1. The van der Waals surface area contributed by atoms with Crippen molar-refractivity contribution in [2.75, 3.05) is 0 Å². The second-order valence-corrected chi connectivity index (χ2v) is 23.0. The molecule has 2 rings (SSSR count). The minimum atomic E-state index is -9.11. The van der Waals surface area contributed by atoms with Crippen molar-refractivity contribution in [1.29, 1.82) is 5.26 Å². The maximum Gasteiger partial charge on any atom is 0.394 e. The minimum Gasteiger partial charge on any atom is -0.390 e. The van der Waals surface area contributed by atoms with Gasteiger partial charge in [-0.25, -0.2) is 4.39 Å². The number of hydrogen-bond acceptors (Lipinski definition) is 2. The Hall–Kier alpha value is -0.830. The molecule has 0 unspecified atom stereocenters. The van der Waals surface area contributed by atoms with Crippen LogP contribution < -0.4 is 0 Å². The molecular weight excluding hydrogens is 774 g/mol. The molecule has 0 spiro atoms. The summed E-state index contributed by atoms with van der Waals surface area (Å²) in [6, 6.07) is 2.24. The lowest BCUT2D eigenvalue weighted by Crippen LogP contribution is -2.29. The molecule has 2 saturated carbocycles. The van der Waals surface area contributed by atoms with Crippen molar-refractivity contribution in [2.45, 2.75) is 230 Å². The third-order valence-electron chi connectivity index (χ3n) is 11.2. The largest absolute Gasteiger partial charge is 0.394 e. The van der Waals surface area contributed by atoms with Gasteiger partial charge < -0.3 is 5.11 Å². The zero-order chi connectivity index (χ0) is 45.6. The average Bonchev–Trinajstić information content (AvgIpc) is 3.80. The Morgan fingerprint density at radius 2 is 0.825 bits per heavy atom. The van der Waals surface area contributed by atoms with Gasteiger partial charge in [-0.05, 0) is 128 Å². The Labute approximate surface area is 350 Å². The Morgan fingerprint density at radius 3 is 0.825 bits per heavy atom. The molecule has 0 atom stereocenters. The van der Waals surface area contributed by atoms with Gasteiger partial charge in [-0.3, -0.25) is 0 Å². The van der Waals surface area contributed by atoms with Gasteiger partial charge in [0.25, 0.3) is 10.2 Å². The summed E-state index contributed by atoms with van der Waals surface area (Å²) in [6.07, 6.45) is -0.321. The first kappa shape index (κ1) is 73.7. The molecule has 0 saturated heterocycles. The Morgan fingerprint density at radius 1 is 0.579 bits per heavy atom. The molecule has 0 aromatic rings. The molecule has 57 heavy (non-hydrogen) atoms. The van der Waals surface area contributed by atoms with Crippen molar-refractivity contribution in [2.24, 2.45) is 57.7 Å². The average molecular weight is 872 g/mol. The second-order valence-electron chi connectivity index (χ2n) is 20.0. The predicted molar refractivity (Wildman–Crippen MR) is 238 cm³/mol. The summed E-state index contributed by atoms with van der Waals surface area (Å²) in [5, 5.41) is 15.1. The molecule has 0 aromatic carbocycles. The fourth-order valence-electron chi connectivity index (χ4n) is 2.21. The molecule has 0 bridgehead atoms. The van der Waals surface area contributed by atoms with E-state index in [0.717, 1.165) is 17.8 Å². The number of rotatable bonds is 6. The quantitative estimate of drug-likeness (QED) is 0.270. The van der Waals surface area contributed by atoms with Gasteiger partial charge in [0.1, 0.15) is 5.67 Å². The number of alkyl halides is 4. The van der Waals surface area contributed by atoms with Crippen LogP contribution in [-0.2, 0) is 0 Å². The summed E-state index contributed by atoms with van der Waals surface area (Å²) in [7, 11) is -9.11. The van der Waals surface area contributed by atoms with E-state index in [-0.39, 0.29) is 39.5 Å². The van der Waals surface area contributed by atoms with Crippen LogP contribution in [-0.4, -0.2) is 27.8 Å². The summed E-state index contributed by atoms with van der Waals surface area (Å²) in [5.41, 5.74) is -2.47. The molecule has 0 radical (unpaired) electrons. The molecule has 2 aliphatic carbocycles. The van der Waals surface area contributed by atoms with E-state index < -0.39 is 38.3 Å². The lowest BCUT2D eigenvalue weighted by atomic mass is 9.83. The van der Waals surface area contributed by atoms with Gasteiger partial charge in [0.2, 0.25) is 0 Å². The fourth-order valence-corrected chi connectivity index (χ4v) is 2.21. The van der Waals surface area contributed by atoms with Crippen molar-refractivity contribution in [3.05, 3.63) is 0 Å². The Bertz CT molecular complexity index is 983. The Balaban J connectivity index is -0.0000000817. The lowest BCUT2D eigenvalue weighted by molar-refractivity contribution is -0.199. The van der Waals surface area contributed by atoms with Gasteiger partial charge in [-0.1, -0.05) is 146 Å². The van der Waals surface area contributed by atoms with Crippen LogP contribution >= 0.6 is 10.2 Å². The molecule has 0 heterocycles. The number of nitriles is 1. The summed E-state index contributed by atoms with van der Waals surface area (Å²) < 4.78 is 106. The van der Waals surface area contributed by atoms with E-state index in [9.17, 15) is 37.0 Å². The van der Waals surface area contributed by atoms with Gasteiger partial charge in [0.05, 0.1) is 27.8 Å². The van der Waals surface area contributed by atoms with Crippen LogP contribution in [0.1, 0.15) is 207 Å². The number of halogens is 9. The summed E-state index contributed by atoms with van der Waals surface area (Å²) >= 11 is 0. The predicted octanol–water partition coefficient (Wildman–Crippen LogP) is 19.3. The first-order chi connectivity index (χ1) is 23.0. The molecule has 0 aliphatic heterocycles. The van der Waals surface area contributed by atoms with E-state index in [1.807, 2.05) is 55.4 Å². The maximum absolute atomic E-state index is 12.5. The standard InChI is InChI=1S/C7H11F3.C7H13N.C7H16.C6H13F.C6H14O.C6H12.C3H7F5S.3CH4/c1-5(2)6(3-4-6)7(8,9)10;1-6(2)7(3,4)5-8;1-6(2)7(3,4)5;2*1-5(2)6(3,4)7;1-5(2)6-3-4-6;1-3(2)9(4,5,6,7)8;;;/h5H,3-4H2,1-2H3;6H,1-4H3;6H,1-5H3;5H,1-4H3;5,7H,1-4H3;5-6H,3-4H2,1-2H3;3H,1-2H3;3*1H4. The molecular formula is C45H98F9NOS. The van der Waals surface area contributed by atoms with Gasteiger partial charge in [0, 0.05) is 0 Å². The smallest absolute Gasteiger partial charge is 0.390 e. The zero-order valence-electron chi connectivity index (χ0n) is 38.7. The van der Waals surface area contributed by atoms with E-state index >= 15 is 0 Å². The van der Waals surface area contributed by atoms with Crippen LogP contribution in [0.2, 0.25) is 0 Å². The zero-order valence-corrected chi connectivity index (χ0v) is 39.5. The highest BCUT2D eigenvalue weighted by molar-refractivity contribution is 8.46. The monoisotopic (exact) mass is 872 g/mol. The van der Waals surface area contributed by atoms with Gasteiger partial charge in [-0.2, -0.15) is 18.4 Å². The van der Waals surface area contributed by atoms with E-state index in [4.69, 9.17) is 10.4 Å². The number of nitrogens with zero attached hydrogens (tertiary/aromatic N) is 1. The molecule has 2 fully saturated rings. The first-order valence-electron chi connectivity index (χ1n) is 19.6. The third kappa shape index (κ3) is 39.1. The summed E-state index contributed by atoms with van der Waals surface area (Å²) in [5.74, 6) is 3.54. The number of aliphatic hydroxyl groups is 1. The topological polar surface area (TPSA) is 44.0 Å². The molecule has 0 aromatic heterocycles. The van der Waals surface area contributed by atoms with Crippen LogP contribution in [0.3, 0.4) is 0 Å². The van der Waals surface area contributed by atoms with E-state index in [1.54, 1.807) is 27.7 Å². The lowest BCUT2D eigenvalue weighted by Gasteiger charge is -2.44. The minimum absolute atomic E-state index is 0. The molecule has 0 amide bonds. The Kier molecular flexibility index (Phi) is 33.4. The van der Waals surface area contributed by atoms with Gasteiger partial charge >= 0.3 is 6.18 Å². The summed E-state index contributed by atoms with van der Waals surface area (Å²) in [6.45, 7) is 42.7. The summed E-state index contributed by atoms with van der Waals surface area (Å²) in [4.78, 5) is 0. The maximum atomic E-state index is 12.5. The van der Waals surface area contributed by atoms with E-state index in [0.29, 0.717) is 43.9 Å². The molecule has 2 nitrogen and oxygen atoms in total. The van der Waals surface area contributed by atoms with Crippen LogP contribution in [0.4, 0.5) is 37.0 Å². The first-order valence-corrected chi connectivity index (χ1v) is 21.6. The normalized spacial score (nSPS) is 16.2. The van der Waals surface area contributed by atoms with Crippen molar-refractivity contribution < 1.29 is 42.1 Å². The molecule has 2 aliphatic rings. The van der Waals surface area contributed by atoms with Crippen molar-refractivity contribution in [1.82, 2.24) is 0 Å². The molecule has 358 valence electrons. The SMILES string of the molecule is C.C.C.CC(C)C(C)(C)C.CC(C)C(C)(C)C#N.CC(C)C(C)(C)F.CC(C)C(C)(C)O.CC(C)C1(C(F)(F)F)CC1.CC(C)C1CC1.CC(C)S(F)(F)(F)(F)F. The second kappa shape index (κ2) is 25.8. The highest BCUT2D eigenvalue weighted by atomic mass is 32.5. The van der Waals surface area contributed by atoms with Gasteiger partial charge in [-0.15, -0.1) is 0 Å². The van der Waals surface area contributed by atoms with Crippen LogP contribution in [0.5, 0.6) is 0 Å². The van der Waals surface area contributed by atoms with Crippen molar-refractivity contribution >= 4 is 10.2 Å². The highest BCUT2D eigenvalue weighted by Gasteiger charge is 2.66. The fraction of sp³-hybridized carbons (Fsp3) is 0.978. The van der Waals surface area contributed by atoms with Crippen LogP contribution in [0, 0.1) is 69.0 Å².